The molecule has 0 aliphatic carbocycles. The van der Waals surface area contributed by atoms with Gasteiger partial charge in [0.15, 0.2) is 6.29 Å². The fourth-order valence-corrected chi connectivity index (χ4v) is 2.43. The lowest BCUT2D eigenvalue weighted by atomic mass is 10.00. The van der Waals surface area contributed by atoms with E-state index in [2.05, 4.69) is 0 Å². The number of rotatable bonds is 11. The minimum absolute atomic E-state index is 0.169. The van der Waals surface area contributed by atoms with Crippen molar-refractivity contribution in [3.8, 4) is 0 Å². The third-order valence-electron chi connectivity index (χ3n) is 4.10. The van der Waals surface area contributed by atoms with Gasteiger partial charge in [-0.25, -0.2) is 0 Å². The molecule has 0 aromatic carbocycles. The molecule has 1 rings (SSSR count). The van der Waals surface area contributed by atoms with E-state index in [-0.39, 0.29) is 6.61 Å². The Bertz CT molecular complexity index is 362. The first-order chi connectivity index (χ1) is 11.8. The quantitative estimate of drug-likeness (QED) is 0.182. The largest absolute Gasteiger partial charge is 0.394 e. The van der Waals surface area contributed by atoms with Crippen LogP contribution in [-0.2, 0) is 14.2 Å². The molecule has 0 aromatic rings. The fraction of sp³-hybridized carbons (Fsp3) is 1.00. The molecule has 0 unspecified atom stereocenters. The van der Waals surface area contributed by atoms with E-state index in [0.717, 1.165) is 12.8 Å². The average Bonchev–Trinajstić information content (AvgIpc) is 2.60. The van der Waals surface area contributed by atoms with Crippen molar-refractivity contribution in [1.82, 2.24) is 0 Å². The van der Waals surface area contributed by atoms with Crippen LogP contribution in [0.1, 0.15) is 19.8 Å². The Balaban J connectivity index is 2.50. The van der Waals surface area contributed by atoms with Crippen molar-refractivity contribution in [2.75, 3.05) is 26.4 Å². The van der Waals surface area contributed by atoms with Crippen LogP contribution >= 0.6 is 0 Å². The van der Waals surface area contributed by atoms with E-state index < -0.39 is 55.6 Å². The van der Waals surface area contributed by atoms with Crippen LogP contribution in [0.5, 0.6) is 0 Å². The van der Waals surface area contributed by atoms with E-state index in [1.165, 1.54) is 6.92 Å². The summed E-state index contributed by atoms with van der Waals surface area (Å²) in [5.41, 5.74) is 5.35. The van der Waals surface area contributed by atoms with Gasteiger partial charge in [0.25, 0.3) is 0 Å². The molecule has 0 amide bonds. The third-order valence-corrected chi connectivity index (χ3v) is 4.10. The number of hydrogen-bond acceptors (Lipinski definition) is 10. The summed E-state index contributed by atoms with van der Waals surface area (Å²) in [6, 6.07) is 0. The number of aliphatic hydroxyl groups excluding tert-OH is 6. The number of aliphatic hydroxyl groups is 6. The monoisotopic (exact) mass is 369 g/mol. The van der Waals surface area contributed by atoms with Crippen LogP contribution in [0.2, 0.25) is 0 Å². The van der Waals surface area contributed by atoms with Crippen molar-refractivity contribution in [3.63, 3.8) is 0 Å². The fourth-order valence-electron chi connectivity index (χ4n) is 2.43. The highest BCUT2D eigenvalue weighted by Gasteiger charge is 2.44. The van der Waals surface area contributed by atoms with E-state index in [1.54, 1.807) is 0 Å². The summed E-state index contributed by atoms with van der Waals surface area (Å²) in [6.07, 6.45) is -9.18. The Morgan fingerprint density at radius 3 is 2.36 bits per heavy atom. The predicted molar refractivity (Wildman–Crippen MR) is 85.4 cm³/mol. The second-order valence-corrected chi connectivity index (χ2v) is 6.17. The summed E-state index contributed by atoms with van der Waals surface area (Å²) in [6.45, 7) is 1.56. The average molecular weight is 369 g/mol. The van der Waals surface area contributed by atoms with E-state index in [9.17, 15) is 30.6 Å². The molecule has 0 radical (unpaired) electrons. The topological polar surface area (TPSA) is 175 Å². The molecule has 0 bridgehead atoms. The van der Waals surface area contributed by atoms with Crippen molar-refractivity contribution < 1.29 is 44.8 Å². The molecule has 1 aliphatic heterocycles. The SMILES string of the molecule is C[C@@H]1O[C@@H](O[C@H](CO)[C@@H](O)[C@@H](O)COCCCCN)[C@H](O)[C@H](O)[C@H]1O. The lowest BCUT2D eigenvalue weighted by Gasteiger charge is -2.40. The second-order valence-electron chi connectivity index (χ2n) is 6.17. The number of ether oxygens (including phenoxy) is 3. The molecule has 1 aliphatic rings. The molecule has 25 heavy (non-hydrogen) atoms. The van der Waals surface area contributed by atoms with E-state index in [1.807, 2.05) is 0 Å². The predicted octanol–water partition coefficient (Wildman–Crippen LogP) is -3.33. The molecule has 0 aromatic heterocycles. The lowest BCUT2D eigenvalue weighted by Crippen LogP contribution is -2.59. The highest BCUT2D eigenvalue weighted by molar-refractivity contribution is 4.88. The van der Waals surface area contributed by atoms with Crippen LogP contribution in [0.25, 0.3) is 0 Å². The highest BCUT2D eigenvalue weighted by Crippen LogP contribution is 2.23. The molecule has 150 valence electrons. The van der Waals surface area contributed by atoms with Crippen molar-refractivity contribution in [2.24, 2.45) is 5.73 Å². The molecule has 8 atom stereocenters. The van der Waals surface area contributed by atoms with Gasteiger partial charge in [0, 0.05) is 6.61 Å². The highest BCUT2D eigenvalue weighted by atomic mass is 16.7. The van der Waals surface area contributed by atoms with Crippen molar-refractivity contribution in [2.45, 2.75) is 68.8 Å². The second kappa shape index (κ2) is 11.3. The van der Waals surface area contributed by atoms with Crippen LogP contribution in [0.4, 0.5) is 0 Å². The van der Waals surface area contributed by atoms with Gasteiger partial charge in [-0.1, -0.05) is 0 Å². The Kier molecular flexibility index (Phi) is 10.3. The summed E-state index contributed by atoms with van der Waals surface area (Å²) in [4.78, 5) is 0. The van der Waals surface area contributed by atoms with Crippen molar-refractivity contribution in [3.05, 3.63) is 0 Å². The Labute approximate surface area is 146 Å². The lowest BCUT2D eigenvalue weighted by molar-refractivity contribution is -0.315. The normalized spacial score (nSPS) is 33.8. The molecule has 10 heteroatoms. The molecular formula is C15H31NO9. The van der Waals surface area contributed by atoms with Crippen LogP contribution in [0.3, 0.4) is 0 Å². The van der Waals surface area contributed by atoms with Gasteiger partial charge >= 0.3 is 0 Å². The minimum atomic E-state index is -1.57. The van der Waals surface area contributed by atoms with Crippen molar-refractivity contribution >= 4 is 0 Å². The Hall–Kier alpha value is -0.400. The summed E-state index contributed by atoms with van der Waals surface area (Å²) in [7, 11) is 0. The number of nitrogens with two attached hydrogens (primary N) is 1. The first-order valence-corrected chi connectivity index (χ1v) is 8.43. The molecular weight excluding hydrogens is 338 g/mol. The smallest absolute Gasteiger partial charge is 0.187 e. The number of unbranched alkanes of at least 4 members (excludes halogenated alkanes) is 1. The van der Waals surface area contributed by atoms with Gasteiger partial charge in [-0.15, -0.1) is 0 Å². The zero-order chi connectivity index (χ0) is 19.0. The molecule has 0 saturated carbocycles. The van der Waals surface area contributed by atoms with Crippen LogP contribution in [0, 0.1) is 0 Å². The summed E-state index contributed by atoms with van der Waals surface area (Å²) in [5, 5.41) is 58.7. The maximum atomic E-state index is 10.1. The van der Waals surface area contributed by atoms with Crippen LogP contribution < -0.4 is 5.73 Å². The summed E-state index contributed by atoms with van der Waals surface area (Å²) in [5.74, 6) is 0. The standard InChI is InChI=1S/C15H31NO9/c1-8-11(19)13(21)14(22)15(24-8)25-10(6-17)12(20)9(18)7-23-5-3-2-4-16/h8-15,17-22H,2-7,16H2,1H3/t8-,9-,10+,11-,12-,13+,14+,15-/m0/s1. The van der Waals surface area contributed by atoms with Gasteiger partial charge in [-0.2, -0.15) is 0 Å². The van der Waals surface area contributed by atoms with E-state index >= 15 is 0 Å². The van der Waals surface area contributed by atoms with Gasteiger partial charge in [0.2, 0.25) is 0 Å². The Morgan fingerprint density at radius 2 is 1.76 bits per heavy atom. The van der Waals surface area contributed by atoms with Gasteiger partial charge in [-0.05, 0) is 26.3 Å². The molecule has 10 nitrogen and oxygen atoms in total. The molecule has 0 spiro atoms. The van der Waals surface area contributed by atoms with Gasteiger partial charge in [-0.3, -0.25) is 0 Å². The molecule has 1 saturated heterocycles. The van der Waals surface area contributed by atoms with E-state index in [4.69, 9.17) is 19.9 Å². The van der Waals surface area contributed by atoms with Crippen LogP contribution in [0.15, 0.2) is 0 Å². The van der Waals surface area contributed by atoms with E-state index in [0.29, 0.717) is 13.2 Å². The maximum absolute atomic E-state index is 10.1. The van der Waals surface area contributed by atoms with Gasteiger partial charge in [0.05, 0.1) is 19.3 Å². The zero-order valence-electron chi connectivity index (χ0n) is 14.3. The van der Waals surface area contributed by atoms with Gasteiger partial charge in [0.1, 0.15) is 36.6 Å². The molecule has 1 fully saturated rings. The first kappa shape index (κ1) is 22.6. The first-order valence-electron chi connectivity index (χ1n) is 8.43. The number of hydrogen-bond donors (Lipinski definition) is 7. The molecule has 1 heterocycles. The minimum Gasteiger partial charge on any atom is -0.394 e. The van der Waals surface area contributed by atoms with Gasteiger partial charge < -0.3 is 50.6 Å². The zero-order valence-corrected chi connectivity index (χ0v) is 14.3. The third kappa shape index (κ3) is 6.68. The summed E-state index contributed by atoms with van der Waals surface area (Å²) < 4.78 is 15.8. The van der Waals surface area contributed by atoms with Crippen LogP contribution in [-0.4, -0.2) is 106 Å². The summed E-state index contributed by atoms with van der Waals surface area (Å²) >= 11 is 0. The maximum Gasteiger partial charge on any atom is 0.187 e. The molecule has 8 N–H and O–H groups in total. The van der Waals surface area contributed by atoms with Crippen molar-refractivity contribution in [1.29, 1.82) is 0 Å². The Morgan fingerprint density at radius 1 is 1.08 bits per heavy atom.